The van der Waals surface area contributed by atoms with E-state index in [1.54, 1.807) is 24.5 Å². The number of rotatable bonds is 5. The summed E-state index contributed by atoms with van der Waals surface area (Å²) >= 11 is 0. The van der Waals surface area contributed by atoms with E-state index >= 15 is 0 Å². The van der Waals surface area contributed by atoms with Crippen LogP contribution in [0, 0.1) is 0 Å². The number of ether oxygens (including phenoxy) is 2. The lowest BCUT2D eigenvalue weighted by Crippen LogP contribution is -2.37. The third-order valence-electron chi connectivity index (χ3n) is 5.26. The molecule has 1 unspecified atom stereocenters. The Labute approximate surface area is 162 Å². The van der Waals surface area contributed by atoms with E-state index in [0.29, 0.717) is 23.6 Å². The van der Waals surface area contributed by atoms with Gasteiger partial charge in [0.05, 0.1) is 6.26 Å². The van der Waals surface area contributed by atoms with E-state index in [9.17, 15) is 4.79 Å². The molecule has 5 rings (SSSR count). The molecule has 6 heteroatoms. The van der Waals surface area contributed by atoms with Crippen molar-refractivity contribution in [3.63, 3.8) is 0 Å². The van der Waals surface area contributed by atoms with Crippen LogP contribution in [0.1, 0.15) is 27.7 Å². The largest absolute Gasteiger partial charge is 0.467 e. The molecule has 3 heterocycles. The molecule has 0 fully saturated rings. The average molecular weight is 376 g/mol. The minimum absolute atomic E-state index is 0.0726. The first-order chi connectivity index (χ1) is 13.8. The summed E-state index contributed by atoms with van der Waals surface area (Å²) in [5.74, 6) is 1.95. The predicted octanol–water partition coefficient (Wildman–Crippen LogP) is 3.54. The van der Waals surface area contributed by atoms with Crippen molar-refractivity contribution < 1.29 is 18.7 Å². The molecule has 6 nitrogen and oxygen atoms in total. The van der Waals surface area contributed by atoms with Gasteiger partial charge in [0.1, 0.15) is 11.8 Å². The van der Waals surface area contributed by atoms with E-state index in [1.807, 2.05) is 18.2 Å². The summed E-state index contributed by atoms with van der Waals surface area (Å²) in [6.45, 7) is 1.52. The van der Waals surface area contributed by atoms with Gasteiger partial charge in [-0.3, -0.25) is 4.79 Å². The van der Waals surface area contributed by atoms with Crippen LogP contribution in [0.15, 0.2) is 65.3 Å². The van der Waals surface area contributed by atoms with E-state index in [2.05, 4.69) is 28.4 Å². The zero-order valence-corrected chi connectivity index (χ0v) is 15.3. The molecule has 142 valence electrons. The molecule has 1 N–H and O–H groups in total. The molecule has 28 heavy (non-hydrogen) atoms. The number of carbonyl (C=O) groups is 1. The Morgan fingerprint density at radius 1 is 1.07 bits per heavy atom. The molecule has 0 bridgehead atoms. The number of carbonyl (C=O) groups excluding carboxylic acids is 1. The molecule has 1 aromatic heterocycles. The predicted molar refractivity (Wildman–Crippen MR) is 104 cm³/mol. The Bertz CT molecular complexity index is 1000. The molecule has 2 aliphatic rings. The maximum Gasteiger partial charge on any atom is 0.251 e. The Morgan fingerprint density at radius 3 is 2.86 bits per heavy atom. The Hall–Kier alpha value is -3.41. The van der Waals surface area contributed by atoms with Crippen LogP contribution in [0.2, 0.25) is 0 Å². The van der Waals surface area contributed by atoms with Crippen molar-refractivity contribution in [3.05, 3.63) is 77.7 Å². The molecular formula is C22H20N2O4. The van der Waals surface area contributed by atoms with Crippen LogP contribution in [0.25, 0.3) is 0 Å². The number of nitrogens with one attached hydrogen (secondary N) is 1. The summed E-state index contributed by atoms with van der Waals surface area (Å²) in [7, 11) is 0. The van der Waals surface area contributed by atoms with Gasteiger partial charge in [-0.05, 0) is 48.4 Å². The lowest BCUT2D eigenvalue weighted by atomic mass is 10.1. The second kappa shape index (κ2) is 6.96. The van der Waals surface area contributed by atoms with Crippen LogP contribution >= 0.6 is 0 Å². The first-order valence-corrected chi connectivity index (χ1v) is 9.35. The van der Waals surface area contributed by atoms with E-state index in [1.165, 1.54) is 11.3 Å². The molecule has 2 aliphatic heterocycles. The third kappa shape index (κ3) is 2.97. The molecule has 1 amide bonds. The van der Waals surface area contributed by atoms with Crippen molar-refractivity contribution in [1.82, 2.24) is 5.32 Å². The number of fused-ring (bicyclic) bond motifs is 2. The van der Waals surface area contributed by atoms with Gasteiger partial charge < -0.3 is 24.1 Å². The smallest absolute Gasteiger partial charge is 0.251 e. The van der Waals surface area contributed by atoms with Crippen LogP contribution in [0.3, 0.4) is 0 Å². The highest BCUT2D eigenvalue weighted by Crippen LogP contribution is 2.35. The van der Waals surface area contributed by atoms with Crippen molar-refractivity contribution in [1.29, 1.82) is 0 Å². The highest BCUT2D eigenvalue weighted by Gasteiger charge is 2.29. The standard InChI is InChI=1S/C22H20N2O4/c25-22(16-7-8-20-21(12-16)28-14-27-20)23-13-18(19-6-3-11-26-19)24-10-9-15-4-1-2-5-17(15)24/h1-8,11-12,18H,9-10,13-14H2,(H,23,25). The molecule has 0 radical (unpaired) electrons. The van der Waals surface area contributed by atoms with Crippen molar-refractivity contribution in [2.24, 2.45) is 0 Å². The zero-order chi connectivity index (χ0) is 18.9. The normalized spacial score (nSPS) is 15.4. The molecule has 0 aliphatic carbocycles. The molecule has 0 saturated carbocycles. The monoisotopic (exact) mass is 376 g/mol. The summed E-state index contributed by atoms with van der Waals surface area (Å²) in [4.78, 5) is 15.0. The minimum Gasteiger partial charge on any atom is -0.467 e. The van der Waals surface area contributed by atoms with Crippen LogP contribution in [0.5, 0.6) is 11.5 Å². The van der Waals surface area contributed by atoms with Crippen LogP contribution in [0.4, 0.5) is 5.69 Å². The molecule has 1 atom stereocenters. The summed E-state index contributed by atoms with van der Waals surface area (Å²) in [5.41, 5.74) is 3.06. The van der Waals surface area contributed by atoms with Crippen molar-refractivity contribution in [2.75, 3.05) is 24.8 Å². The maximum absolute atomic E-state index is 12.7. The second-order valence-electron chi connectivity index (χ2n) is 6.88. The quantitative estimate of drug-likeness (QED) is 0.738. The van der Waals surface area contributed by atoms with E-state index in [0.717, 1.165) is 18.7 Å². The van der Waals surface area contributed by atoms with Gasteiger partial charge in [-0.1, -0.05) is 18.2 Å². The number of benzene rings is 2. The fraction of sp³-hybridized carbons (Fsp3) is 0.227. The second-order valence-corrected chi connectivity index (χ2v) is 6.88. The van der Waals surface area contributed by atoms with Crippen LogP contribution in [-0.4, -0.2) is 25.8 Å². The van der Waals surface area contributed by atoms with Gasteiger partial charge in [0.25, 0.3) is 5.91 Å². The zero-order valence-electron chi connectivity index (χ0n) is 15.3. The lowest BCUT2D eigenvalue weighted by molar-refractivity contribution is 0.0949. The van der Waals surface area contributed by atoms with Gasteiger partial charge in [-0.2, -0.15) is 0 Å². The van der Waals surface area contributed by atoms with Gasteiger partial charge in [-0.25, -0.2) is 0 Å². The Balaban J connectivity index is 1.36. The summed E-state index contributed by atoms with van der Waals surface area (Å²) < 4.78 is 16.4. The van der Waals surface area contributed by atoms with E-state index in [4.69, 9.17) is 13.9 Å². The number of nitrogens with zero attached hydrogens (tertiary/aromatic N) is 1. The minimum atomic E-state index is -0.151. The van der Waals surface area contributed by atoms with Gasteiger partial charge >= 0.3 is 0 Å². The van der Waals surface area contributed by atoms with Crippen molar-refractivity contribution in [2.45, 2.75) is 12.5 Å². The number of hydrogen-bond acceptors (Lipinski definition) is 5. The summed E-state index contributed by atoms with van der Waals surface area (Å²) in [6.07, 6.45) is 2.66. The van der Waals surface area contributed by atoms with Gasteiger partial charge in [0.2, 0.25) is 6.79 Å². The van der Waals surface area contributed by atoms with Gasteiger partial charge in [0.15, 0.2) is 11.5 Å². The molecular weight excluding hydrogens is 356 g/mol. The maximum atomic E-state index is 12.7. The number of hydrogen-bond donors (Lipinski definition) is 1. The molecule has 3 aromatic rings. The highest BCUT2D eigenvalue weighted by atomic mass is 16.7. The lowest BCUT2D eigenvalue weighted by Gasteiger charge is -2.29. The number of furan rings is 1. The van der Waals surface area contributed by atoms with Gasteiger partial charge in [-0.15, -0.1) is 0 Å². The average Bonchev–Trinajstić information content (AvgIpc) is 3.48. The molecule has 0 saturated heterocycles. The topological polar surface area (TPSA) is 63.9 Å². The highest BCUT2D eigenvalue weighted by molar-refractivity contribution is 5.95. The summed E-state index contributed by atoms with van der Waals surface area (Å²) in [5, 5.41) is 3.05. The Kier molecular flexibility index (Phi) is 4.16. The number of amides is 1. The number of para-hydroxylation sites is 1. The first-order valence-electron chi connectivity index (χ1n) is 9.35. The van der Waals surface area contributed by atoms with E-state index in [-0.39, 0.29) is 18.7 Å². The van der Waals surface area contributed by atoms with Crippen molar-refractivity contribution in [3.8, 4) is 11.5 Å². The van der Waals surface area contributed by atoms with E-state index < -0.39 is 0 Å². The van der Waals surface area contributed by atoms with Crippen LogP contribution < -0.4 is 19.7 Å². The fourth-order valence-electron chi connectivity index (χ4n) is 3.86. The number of anilines is 1. The summed E-state index contributed by atoms with van der Waals surface area (Å²) in [6, 6.07) is 17.4. The van der Waals surface area contributed by atoms with Crippen molar-refractivity contribution >= 4 is 11.6 Å². The van der Waals surface area contributed by atoms with Gasteiger partial charge in [0, 0.05) is 24.3 Å². The SMILES string of the molecule is O=C(NCC(c1ccco1)N1CCc2ccccc21)c1ccc2c(c1)OCO2. The molecule has 2 aromatic carbocycles. The fourth-order valence-corrected chi connectivity index (χ4v) is 3.86. The first kappa shape index (κ1) is 16.7. The third-order valence-corrected chi connectivity index (χ3v) is 5.26. The Morgan fingerprint density at radius 2 is 1.96 bits per heavy atom. The van der Waals surface area contributed by atoms with Crippen LogP contribution in [-0.2, 0) is 6.42 Å². The molecule has 0 spiro atoms.